The van der Waals surface area contributed by atoms with Crippen molar-refractivity contribution in [3.63, 3.8) is 0 Å². The third-order valence-corrected chi connectivity index (χ3v) is 7.63. The molecule has 0 aliphatic rings. The van der Waals surface area contributed by atoms with Crippen molar-refractivity contribution in [1.29, 1.82) is 5.26 Å². The van der Waals surface area contributed by atoms with Crippen LogP contribution in [0.15, 0.2) is 78.9 Å². The number of nitrogens with zero attached hydrogens (tertiary/aromatic N) is 2. The van der Waals surface area contributed by atoms with Gasteiger partial charge in [0.25, 0.3) is 5.91 Å². The number of benzene rings is 3. The van der Waals surface area contributed by atoms with Crippen molar-refractivity contribution in [1.82, 2.24) is 9.88 Å². The molecular formula is C36H38FN3O5. The largest absolute Gasteiger partial charge is 0.469 e. The predicted molar refractivity (Wildman–Crippen MR) is 170 cm³/mol. The number of aliphatic hydroxyl groups is 2. The van der Waals surface area contributed by atoms with Crippen LogP contribution in [-0.2, 0) is 22.5 Å². The van der Waals surface area contributed by atoms with E-state index in [1.165, 1.54) is 19.2 Å². The van der Waals surface area contributed by atoms with Crippen molar-refractivity contribution >= 4 is 11.9 Å². The second-order valence-corrected chi connectivity index (χ2v) is 11.2. The molecule has 2 atom stereocenters. The molecule has 3 aromatic carbocycles. The zero-order valence-corrected chi connectivity index (χ0v) is 25.7. The number of nitrogens with one attached hydrogen (secondary N) is 1. The number of rotatable bonds is 13. The molecular weight excluding hydrogens is 573 g/mol. The Morgan fingerprint density at radius 3 is 2.29 bits per heavy atom. The maximum atomic E-state index is 14.2. The minimum atomic E-state index is -1.07. The third-order valence-electron chi connectivity index (χ3n) is 7.63. The summed E-state index contributed by atoms with van der Waals surface area (Å²) in [5.41, 5.74) is 5.38. The average Bonchev–Trinajstić information content (AvgIpc) is 3.39. The lowest BCUT2D eigenvalue weighted by molar-refractivity contribution is -0.143. The first-order valence-corrected chi connectivity index (χ1v) is 14.9. The van der Waals surface area contributed by atoms with Gasteiger partial charge in [-0.1, -0.05) is 54.6 Å². The number of hydrogen-bond donors (Lipinski definition) is 3. The molecule has 0 saturated carbocycles. The number of carbonyl (C=O) groups excluding carboxylic acids is 2. The number of hydrogen-bond acceptors (Lipinski definition) is 6. The molecule has 9 heteroatoms. The number of amides is 1. The average molecular weight is 612 g/mol. The Bertz CT molecular complexity index is 1660. The zero-order valence-electron chi connectivity index (χ0n) is 25.7. The van der Waals surface area contributed by atoms with E-state index in [1.807, 2.05) is 54.8 Å². The van der Waals surface area contributed by atoms with Gasteiger partial charge >= 0.3 is 5.97 Å². The first-order valence-electron chi connectivity index (χ1n) is 14.9. The summed E-state index contributed by atoms with van der Waals surface area (Å²) in [7, 11) is 1.24. The molecule has 8 nitrogen and oxygen atoms in total. The molecule has 1 heterocycles. The Morgan fingerprint density at radius 1 is 0.956 bits per heavy atom. The van der Waals surface area contributed by atoms with Gasteiger partial charge in [-0.3, -0.25) is 9.59 Å². The number of carbonyl (C=O) groups is 2. The van der Waals surface area contributed by atoms with E-state index < -0.39 is 24.0 Å². The van der Waals surface area contributed by atoms with Crippen LogP contribution in [0.4, 0.5) is 4.39 Å². The molecule has 45 heavy (non-hydrogen) atoms. The second-order valence-electron chi connectivity index (χ2n) is 11.2. The van der Waals surface area contributed by atoms with Crippen molar-refractivity contribution in [2.75, 3.05) is 7.11 Å². The first kappa shape index (κ1) is 33.1. The van der Waals surface area contributed by atoms with Gasteiger partial charge in [0.2, 0.25) is 0 Å². The Morgan fingerprint density at radius 2 is 1.64 bits per heavy atom. The molecule has 0 spiro atoms. The highest BCUT2D eigenvalue weighted by Gasteiger charge is 2.30. The standard InChI is InChI=1S/C36H38FN3O5/c1-23(2)40-31(17-16-29(41)19-30(42)20-32(43)45-3)33(27-12-14-28(37)15-13-27)34(26-10-5-4-6-11-26)35(40)36(44)39-22-25-9-7-8-24(18-25)21-38/h4-15,18,23,29-30,41-42H,16-17,19-20,22H2,1-3H3,(H,39,44)/t29-,30-/m1/s1. The lowest BCUT2D eigenvalue weighted by atomic mass is 9.92. The summed E-state index contributed by atoms with van der Waals surface area (Å²) in [6.07, 6.45) is -1.69. The number of methoxy groups -OCH3 is 1. The number of aliphatic hydroxyl groups excluding tert-OH is 2. The molecule has 0 radical (unpaired) electrons. The van der Waals surface area contributed by atoms with Crippen LogP contribution in [0.3, 0.4) is 0 Å². The van der Waals surface area contributed by atoms with Crippen molar-refractivity contribution in [2.45, 2.75) is 64.3 Å². The van der Waals surface area contributed by atoms with Gasteiger partial charge in [-0.2, -0.15) is 5.26 Å². The van der Waals surface area contributed by atoms with Crippen LogP contribution in [0.25, 0.3) is 22.3 Å². The van der Waals surface area contributed by atoms with Gasteiger partial charge in [0, 0.05) is 29.4 Å². The van der Waals surface area contributed by atoms with E-state index in [0.717, 1.165) is 22.4 Å². The molecule has 0 fully saturated rings. The molecule has 0 saturated heterocycles. The van der Waals surface area contributed by atoms with Gasteiger partial charge < -0.3 is 24.8 Å². The summed E-state index contributed by atoms with van der Waals surface area (Å²) in [4.78, 5) is 25.8. The van der Waals surface area contributed by atoms with Crippen LogP contribution in [-0.4, -0.2) is 46.0 Å². The highest BCUT2D eigenvalue weighted by molar-refractivity contribution is 6.05. The summed E-state index contributed by atoms with van der Waals surface area (Å²) in [5.74, 6) is -1.28. The molecule has 0 aliphatic carbocycles. The van der Waals surface area contributed by atoms with E-state index >= 15 is 0 Å². The number of ether oxygens (including phenoxy) is 1. The van der Waals surface area contributed by atoms with E-state index in [-0.39, 0.29) is 37.8 Å². The summed E-state index contributed by atoms with van der Waals surface area (Å²) >= 11 is 0. The third kappa shape index (κ3) is 8.24. The van der Waals surface area contributed by atoms with E-state index in [9.17, 15) is 29.5 Å². The number of halogens is 1. The molecule has 0 bridgehead atoms. The van der Waals surface area contributed by atoms with Crippen LogP contribution < -0.4 is 5.32 Å². The SMILES string of the molecule is COC(=O)C[C@H](O)C[C@H](O)CCc1c(-c2ccc(F)cc2)c(-c2ccccc2)c(C(=O)NCc2cccc(C#N)c2)n1C(C)C. The van der Waals surface area contributed by atoms with Gasteiger partial charge in [0.05, 0.1) is 37.4 Å². The lowest BCUT2D eigenvalue weighted by Gasteiger charge is -2.20. The van der Waals surface area contributed by atoms with Gasteiger partial charge in [-0.15, -0.1) is 0 Å². The second kappa shape index (κ2) is 15.3. The topological polar surface area (TPSA) is 125 Å². The fourth-order valence-corrected chi connectivity index (χ4v) is 5.60. The maximum Gasteiger partial charge on any atom is 0.308 e. The molecule has 1 aromatic heterocycles. The minimum Gasteiger partial charge on any atom is -0.469 e. The van der Waals surface area contributed by atoms with Gasteiger partial charge in [0.15, 0.2) is 0 Å². The van der Waals surface area contributed by atoms with Crippen LogP contribution in [0.2, 0.25) is 0 Å². The van der Waals surface area contributed by atoms with Crippen LogP contribution in [0.5, 0.6) is 0 Å². The van der Waals surface area contributed by atoms with E-state index in [4.69, 9.17) is 0 Å². The zero-order chi connectivity index (χ0) is 32.5. The highest BCUT2D eigenvalue weighted by atomic mass is 19.1. The fourth-order valence-electron chi connectivity index (χ4n) is 5.60. The van der Waals surface area contributed by atoms with Crippen molar-refractivity contribution in [3.05, 3.63) is 107 Å². The molecule has 234 valence electrons. The molecule has 0 aliphatic heterocycles. The summed E-state index contributed by atoms with van der Waals surface area (Å²) in [6.45, 7) is 4.14. The molecule has 4 aromatic rings. The van der Waals surface area contributed by atoms with E-state index in [2.05, 4.69) is 16.1 Å². The monoisotopic (exact) mass is 611 g/mol. The molecule has 3 N–H and O–H groups in total. The normalized spacial score (nSPS) is 12.4. The Balaban J connectivity index is 1.82. The smallest absolute Gasteiger partial charge is 0.308 e. The fraction of sp³-hybridized carbons (Fsp3) is 0.306. The first-order chi connectivity index (χ1) is 21.6. The maximum absolute atomic E-state index is 14.2. The predicted octanol–water partition coefficient (Wildman–Crippen LogP) is 5.95. The number of aromatic nitrogens is 1. The number of esters is 1. The van der Waals surface area contributed by atoms with Crippen molar-refractivity contribution < 1.29 is 28.9 Å². The molecule has 1 amide bonds. The summed E-state index contributed by atoms with van der Waals surface area (Å²) < 4.78 is 20.7. The summed E-state index contributed by atoms with van der Waals surface area (Å²) in [5, 5.41) is 33.5. The quantitative estimate of drug-likeness (QED) is 0.161. The summed E-state index contributed by atoms with van der Waals surface area (Å²) in [6, 6.07) is 24.6. The Kier molecular flexibility index (Phi) is 11.3. The van der Waals surface area contributed by atoms with Crippen molar-refractivity contribution in [2.24, 2.45) is 0 Å². The van der Waals surface area contributed by atoms with Crippen LogP contribution in [0.1, 0.15) is 66.5 Å². The van der Waals surface area contributed by atoms with Crippen molar-refractivity contribution in [3.8, 4) is 28.3 Å². The minimum absolute atomic E-state index is 0.0238. The van der Waals surface area contributed by atoms with E-state index in [0.29, 0.717) is 28.8 Å². The molecule has 4 rings (SSSR count). The van der Waals surface area contributed by atoms with Gasteiger partial charge in [-0.05, 0) is 74.1 Å². The Hall–Kier alpha value is -4.78. The Labute approximate surface area is 262 Å². The van der Waals surface area contributed by atoms with E-state index in [1.54, 1.807) is 30.3 Å². The highest BCUT2D eigenvalue weighted by Crippen LogP contribution is 2.42. The van der Waals surface area contributed by atoms with Crippen LogP contribution >= 0.6 is 0 Å². The number of nitriles is 1. The lowest BCUT2D eigenvalue weighted by Crippen LogP contribution is -2.27. The van der Waals surface area contributed by atoms with Crippen LogP contribution in [0, 0.1) is 17.1 Å². The molecule has 0 unspecified atom stereocenters. The van der Waals surface area contributed by atoms with Gasteiger partial charge in [-0.25, -0.2) is 4.39 Å². The van der Waals surface area contributed by atoms with Gasteiger partial charge in [0.1, 0.15) is 11.5 Å².